The van der Waals surface area contributed by atoms with Crippen molar-refractivity contribution in [1.82, 2.24) is 20.2 Å². The van der Waals surface area contributed by atoms with Gasteiger partial charge in [-0.1, -0.05) is 24.3 Å². The molecule has 0 atom stereocenters. The molecule has 2 aromatic heterocycles. The Labute approximate surface area is 223 Å². The second-order valence-corrected chi connectivity index (χ2v) is 10.1. The summed E-state index contributed by atoms with van der Waals surface area (Å²) in [6.45, 7) is 7.19. The van der Waals surface area contributed by atoms with Gasteiger partial charge in [0.2, 0.25) is 0 Å². The maximum absolute atomic E-state index is 12.2. The molecule has 0 unspecified atom stereocenters. The molecular weight excluding hydrogens is 482 g/mol. The van der Waals surface area contributed by atoms with E-state index in [4.69, 9.17) is 9.47 Å². The fourth-order valence-electron chi connectivity index (χ4n) is 4.25. The SMILES string of the molecule is COC(C)(C)C(=O)NC(=O)Nc1ccc(Oc2ccnc(-c3ccc(C4CCN(C)CC4)cc3)c2)c(C)n1. The molecule has 9 nitrogen and oxygen atoms in total. The summed E-state index contributed by atoms with van der Waals surface area (Å²) in [4.78, 5) is 35.6. The number of hydrogen-bond acceptors (Lipinski definition) is 7. The molecule has 1 aliphatic heterocycles. The average Bonchev–Trinajstić information content (AvgIpc) is 2.91. The summed E-state index contributed by atoms with van der Waals surface area (Å²) in [5.74, 6) is 1.52. The third kappa shape index (κ3) is 6.73. The van der Waals surface area contributed by atoms with Crippen LogP contribution in [0.25, 0.3) is 11.3 Å². The van der Waals surface area contributed by atoms with Crippen LogP contribution in [0.5, 0.6) is 11.5 Å². The number of anilines is 1. The van der Waals surface area contributed by atoms with Gasteiger partial charge >= 0.3 is 6.03 Å². The van der Waals surface area contributed by atoms with Gasteiger partial charge in [-0.3, -0.25) is 20.4 Å². The maximum Gasteiger partial charge on any atom is 0.327 e. The first-order valence-corrected chi connectivity index (χ1v) is 12.7. The van der Waals surface area contributed by atoms with E-state index < -0.39 is 17.5 Å². The first-order valence-electron chi connectivity index (χ1n) is 12.7. The molecule has 3 amide bonds. The molecule has 2 N–H and O–H groups in total. The Bertz CT molecular complexity index is 1280. The number of hydrogen-bond donors (Lipinski definition) is 2. The van der Waals surface area contributed by atoms with E-state index >= 15 is 0 Å². The minimum atomic E-state index is -1.13. The number of amides is 3. The first-order chi connectivity index (χ1) is 18.1. The number of pyridine rings is 2. The lowest BCUT2D eigenvalue weighted by Crippen LogP contribution is -2.47. The van der Waals surface area contributed by atoms with Crippen molar-refractivity contribution < 1.29 is 19.1 Å². The standard InChI is InChI=1S/C29H35N5O4/c1-19-25(10-11-26(31-19)32-28(36)33-27(35)29(2,3)37-5)38-23-12-15-30-24(18-23)22-8-6-20(7-9-22)21-13-16-34(4)17-14-21/h6-12,15,18,21H,13-14,16-17H2,1-5H3,(H2,31,32,33,35,36). The molecular formula is C29H35N5O4. The molecule has 1 saturated heterocycles. The maximum atomic E-state index is 12.2. The zero-order valence-electron chi connectivity index (χ0n) is 22.6. The molecule has 38 heavy (non-hydrogen) atoms. The number of carbonyl (C=O) groups is 2. The van der Waals surface area contributed by atoms with Crippen LogP contribution in [-0.2, 0) is 9.53 Å². The highest BCUT2D eigenvalue weighted by Gasteiger charge is 2.28. The normalized spacial score (nSPS) is 14.7. The second-order valence-electron chi connectivity index (χ2n) is 10.1. The summed E-state index contributed by atoms with van der Waals surface area (Å²) in [5, 5.41) is 4.80. The van der Waals surface area contributed by atoms with E-state index in [1.165, 1.54) is 25.5 Å². The number of methoxy groups -OCH3 is 1. The van der Waals surface area contributed by atoms with E-state index in [-0.39, 0.29) is 5.82 Å². The number of carbonyl (C=O) groups excluding carboxylic acids is 2. The number of nitrogens with one attached hydrogen (secondary N) is 2. The van der Waals surface area contributed by atoms with Gasteiger partial charge in [0.05, 0.1) is 11.4 Å². The van der Waals surface area contributed by atoms with Crippen molar-refractivity contribution in [1.29, 1.82) is 0 Å². The Morgan fingerprint density at radius 2 is 1.76 bits per heavy atom. The summed E-state index contributed by atoms with van der Waals surface area (Å²) in [6, 6.07) is 15.0. The predicted octanol–water partition coefficient (Wildman–Crippen LogP) is 5.13. The summed E-state index contributed by atoms with van der Waals surface area (Å²) in [7, 11) is 3.58. The van der Waals surface area contributed by atoms with Crippen molar-refractivity contribution in [2.45, 2.75) is 45.1 Å². The van der Waals surface area contributed by atoms with Crippen LogP contribution in [0.2, 0.25) is 0 Å². The van der Waals surface area contributed by atoms with Crippen LogP contribution in [0.15, 0.2) is 54.7 Å². The molecule has 3 heterocycles. The number of urea groups is 1. The Kier molecular flexibility index (Phi) is 8.38. The molecule has 0 bridgehead atoms. The average molecular weight is 518 g/mol. The summed E-state index contributed by atoms with van der Waals surface area (Å²) >= 11 is 0. The quantitative estimate of drug-likeness (QED) is 0.448. The van der Waals surface area contributed by atoms with Crippen LogP contribution in [-0.4, -0.2) is 59.7 Å². The van der Waals surface area contributed by atoms with Crippen molar-refractivity contribution in [3.8, 4) is 22.8 Å². The van der Waals surface area contributed by atoms with Gasteiger partial charge in [0, 0.05) is 24.9 Å². The monoisotopic (exact) mass is 517 g/mol. The molecule has 200 valence electrons. The van der Waals surface area contributed by atoms with Crippen molar-refractivity contribution in [2.75, 3.05) is 32.6 Å². The number of aromatic nitrogens is 2. The highest BCUT2D eigenvalue weighted by atomic mass is 16.5. The zero-order valence-corrected chi connectivity index (χ0v) is 22.6. The second kappa shape index (κ2) is 11.7. The lowest BCUT2D eigenvalue weighted by Gasteiger charge is -2.29. The van der Waals surface area contributed by atoms with Crippen molar-refractivity contribution in [2.24, 2.45) is 0 Å². The molecule has 9 heteroatoms. The highest BCUT2D eigenvalue weighted by molar-refractivity contribution is 6.03. The molecule has 3 aromatic rings. The third-order valence-electron chi connectivity index (χ3n) is 6.92. The Hall–Kier alpha value is -3.82. The number of aryl methyl sites for hydroxylation is 1. The number of rotatable bonds is 7. The van der Waals surface area contributed by atoms with Gasteiger partial charge in [0.15, 0.2) is 0 Å². The van der Waals surface area contributed by atoms with Gasteiger partial charge < -0.3 is 14.4 Å². The van der Waals surface area contributed by atoms with E-state index in [0.29, 0.717) is 23.1 Å². The van der Waals surface area contributed by atoms with Crippen LogP contribution in [0.1, 0.15) is 43.9 Å². The molecule has 1 aromatic carbocycles. The number of ether oxygens (including phenoxy) is 2. The number of benzene rings is 1. The first kappa shape index (κ1) is 27.2. The molecule has 4 rings (SSSR count). The lowest BCUT2D eigenvalue weighted by atomic mass is 9.89. The van der Waals surface area contributed by atoms with Crippen molar-refractivity contribution >= 4 is 17.8 Å². The van der Waals surface area contributed by atoms with E-state index in [1.54, 1.807) is 45.2 Å². The van der Waals surface area contributed by atoms with Gasteiger partial charge in [0.25, 0.3) is 5.91 Å². The van der Waals surface area contributed by atoms with Gasteiger partial charge in [-0.05, 0) is 83.4 Å². The number of piperidine rings is 1. The number of nitrogens with zero attached hydrogens (tertiary/aromatic N) is 3. The molecule has 0 saturated carbocycles. The minimum Gasteiger partial charge on any atom is -0.455 e. The van der Waals surface area contributed by atoms with Gasteiger partial charge in [-0.25, -0.2) is 9.78 Å². The molecule has 0 spiro atoms. The van der Waals surface area contributed by atoms with E-state index in [9.17, 15) is 9.59 Å². The number of likely N-dealkylation sites (tertiary alicyclic amines) is 1. The highest BCUT2D eigenvalue weighted by Crippen LogP contribution is 2.31. The Morgan fingerprint density at radius 1 is 1.05 bits per heavy atom. The van der Waals surface area contributed by atoms with Crippen molar-refractivity contribution in [3.05, 3.63) is 66.0 Å². The summed E-state index contributed by atoms with van der Waals surface area (Å²) < 4.78 is 11.2. The van der Waals surface area contributed by atoms with Gasteiger partial charge in [0.1, 0.15) is 22.9 Å². The van der Waals surface area contributed by atoms with Gasteiger partial charge in [-0.15, -0.1) is 0 Å². The third-order valence-corrected chi connectivity index (χ3v) is 6.92. The molecule has 1 fully saturated rings. The van der Waals surface area contributed by atoms with E-state index in [1.807, 2.05) is 6.07 Å². The smallest absolute Gasteiger partial charge is 0.327 e. The number of imide groups is 1. The fourth-order valence-corrected chi connectivity index (χ4v) is 4.25. The fraction of sp³-hybridized carbons (Fsp3) is 0.379. The summed E-state index contributed by atoms with van der Waals surface area (Å²) in [5.41, 5.74) is 2.67. The van der Waals surface area contributed by atoms with E-state index in [2.05, 4.69) is 56.8 Å². The van der Waals surface area contributed by atoms with Crippen LogP contribution < -0.4 is 15.4 Å². The molecule has 1 aliphatic rings. The predicted molar refractivity (Wildman–Crippen MR) is 146 cm³/mol. The van der Waals surface area contributed by atoms with Crippen molar-refractivity contribution in [3.63, 3.8) is 0 Å². The zero-order chi connectivity index (χ0) is 27.3. The minimum absolute atomic E-state index is 0.287. The topological polar surface area (TPSA) is 106 Å². The lowest BCUT2D eigenvalue weighted by molar-refractivity contribution is -0.138. The Balaban J connectivity index is 1.39. The van der Waals surface area contributed by atoms with Crippen LogP contribution in [0, 0.1) is 6.92 Å². The largest absolute Gasteiger partial charge is 0.455 e. The Morgan fingerprint density at radius 3 is 2.42 bits per heavy atom. The summed E-state index contributed by atoms with van der Waals surface area (Å²) in [6.07, 6.45) is 4.10. The van der Waals surface area contributed by atoms with Crippen LogP contribution in [0.4, 0.5) is 10.6 Å². The van der Waals surface area contributed by atoms with Crippen LogP contribution >= 0.6 is 0 Å². The molecule has 0 aliphatic carbocycles. The van der Waals surface area contributed by atoms with E-state index in [0.717, 1.165) is 24.3 Å². The van der Waals surface area contributed by atoms with Crippen LogP contribution in [0.3, 0.4) is 0 Å². The van der Waals surface area contributed by atoms with Gasteiger partial charge in [-0.2, -0.15) is 0 Å². The molecule has 0 radical (unpaired) electrons.